The zero-order valence-electron chi connectivity index (χ0n) is 11.7. The highest BCUT2D eigenvalue weighted by molar-refractivity contribution is 5.99. The van der Waals surface area contributed by atoms with Crippen molar-refractivity contribution in [1.29, 1.82) is 0 Å². The minimum atomic E-state index is -0.376. The molecule has 2 aromatic rings. The van der Waals surface area contributed by atoms with E-state index >= 15 is 0 Å². The van der Waals surface area contributed by atoms with Crippen LogP contribution in [0.25, 0.3) is 0 Å². The van der Waals surface area contributed by atoms with Gasteiger partial charge < -0.3 is 9.47 Å². The molecule has 21 heavy (non-hydrogen) atoms. The molecule has 4 nitrogen and oxygen atoms in total. The molecule has 0 heterocycles. The van der Waals surface area contributed by atoms with Crippen molar-refractivity contribution in [2.45, 2.75) is 6.42 Å². The van der Waals surface area contributed by atoms with Crippen molar-refractivity contribution in [3.05, 3.63) is 65.7 Å². The quantitative estimate of drug-likeness (QED) is 0.604. The van der Waals surface area contributed by atoms with Gasteiger partial charge in [0.15, 0.2) is 12.4 Å². The lowest BCUT2D eigenvalue weighted by molar-refractivity contribution is -0.139. The lowest BCUT2D eigenvalue weighted by atomic mass is 10.0. The smallest absolute Gasteiger partial charge is 0.310 e. The van der Waals surface area contributed by atoms with Crippen LogP contribution in [0.3, 0.4) is 0 Å². The number of para-hydroxylation sites is 1. The summed E-state index contributed by atoms with van der Waals surface area (Å²) in [5, 5.41) is 0. The molecule has 0 fully saturated rings. The van der Waals surface area contributed by atoms with Crippen LogP contribution in [0.2, 0.25) is 0 Å². The molecular formula is C17H16O4. The molecule has 0 unspecified atom stereocenters. The second-order valence-electron chi connectivity index (χ2n) is 4.43. The SMILES string of the molecule is COC(=O)Cc1ccccc1C(=O)COc1ccccc1. The predicted molar refractivity (Wildman–Crippen MR) is 78.4 cm³/mol. The summed E-state index contributed by atoms with van der Waals surface area (Å²) in [6, 6.07) is 16.1. The number of methoxy groups -OCH3 is 1. The van der Waals surface area contributed by atoms with Crippen LogP contribution in [-0.2, 0) is 16.0 Å². The Kier molecular flexibility index (Phi) is 5.10. The van der Waals surface area contributed by atoms with Gasteiger partial charge in [-0.05, 0) is 17.7 Å². The second-order valence-corrected chi connectivity index (χ2v) is 4.43. The molecule has 0 atom stereocenters. The van der Waals surface area contributed by atoms with Gasteiger partial charge in [0.25, 0.3) is 0 Å². The standard InChI is InChI=1S/C17H16O4/c1-20-17(19)11-13-7-5-6-10-15(13)16(18)12-21-14-8-3-2-4-9-14/h2-10H,11-12H2,1H3. The summed E-state index contributed by atoms with van der Waals surface area (Å²) in [5.74, 6) is 0.0916. The molecule has 0 aliphatic carbocycles. The molecule has 2 rings (SSSR count). The van der Waals surface area contributed by atoms with Gasteiger partial charge in [-0.15, -0.1) is 0 Å². The Labute approximate surface area is 123 Å². The third kappa shape index (κ3) is 4.18. The first-order valence-corrected chi connectivity index (χ1v) is 6.56. The van der Waals surface area contributed by atoms with Crippen molar-refractivity contribution in [2.24, 2.45) is 0 Å². The summed E-state index contributed by atoms with van der Waals surface area (Å²) in [4.78, 5) is 23.6. The topological polar surface area (TPSA) is 52.6 Å². The summed E-state index contributed by atoms with van der Waals surface area (Å²) in [6.07, 6.45) is 0.0732. The third-order valence-electron chi connectivity index (χ3n) is 2.99. The summed E-state index contributed by atoms with van der Waals surface area (Å²) in [5.41, 5.74) is 1.13. The van der Waals surface area contributed by atoms with Crippen molar-refractivity contribution in [2.75, 3.05) is 13.7 Å². The average molecular weight is 284 g/mol. The van der Waals surface area contributed by atoms with Crippen molar-refractivity contribution >= 4 is 11.8 Å². The van der Waals surface area contributed by atoms with E-state index < -0.39 is 0 Å². The van der Waals surface area contributed by atoms with E-state index in [2.05, 4.69) is 4.74 Å². The van der Waals surface area contributed by atoms with Gasteiger partial charge >= 0.3 is 5.97 Å². The first-order valence-electron chi connectivity index (χ1n) is 6.56. The summed E-state index contributed by atoms with van der Waals surface area (Å²) < 4.78 is 10.1. The Balaban J connectivity index is 2.07. The van der Waals surface area contributed by atoms with E-state index in [-0.39, 0.29) is 24.8 Å². The van der Waals surface area contributed by atoms with Crippen molar-refractivity contribution in [3.8, 4) is 5.75 Å². The van der Waals surface area contributed by atoms with Crippen LogP contribution in [0.1, 0.15) is 15.9 Å². The zero-order valence-corrected chi connectivity index (χ0v) is 11.7. The van der Waals surface area contributed by atoms with Gasteiger partial charge in [0.1, 0.15) is 5.75 Å². The summed E-state index contributed by atoms with van der Waals surface area (Å²) in [6.45, 7) is -0.0673. The van der Waals surface area contributed by atoms with Crippen molar-refractivity contribution in [3.63, 3.8) is 0 Å². The molecule has 0 bridgehead atoms. The fraction of sp³-hybridized carbons (Fsp3) is 0.176. The molecule has 0 saturated heterocycles. The van der Waals surface area contributed by atoms with Gasteiger partial charge in [0, 0.05) is 5.56 Å². The Morgan fingerprint density at radius 2 is 1.62 bits per heavy atom. The average Bonchev–Trinajstić information content (AvgIpc) is 2.54. The fourth-order valence-corrected chi connectivity index (χ4v) is 1.92. The number of ketones is 1. The summed E-state index contributed by atoms with van der Waals surface area (Å²) >= 11 is 0. The third-order valence-corrected chi connectivity index (χ3v) is 2.99. The first kappa shape index (κ1) is 14.8. The first-order chi connectivity index (χ1) is 10.2. The number of carbonyl (C=O) groups excluding carboxylic acids is 2. The molecule has 0 aromatic heterocycles. The highest BCUT2D eigenvalue weighted by atomic mass is 16.5. The van der Waals surface area contributed by atoms with Gasteiger partial charge in [-0.3, -0.25) is 9.59 Å². The second kappa shape index (κ2) is 7.24. The minimum Gasteiger partial charge on any atom is -0.485 e. The molecule has 0 aliphatic rings. The Morgan fingerprint density at radius 1 is 0.952 bits per heavy atom. The molecule has 0 amide bonds. The van der Waals surface area contributed by atoms with Gasteiger partial charge in [-0.2, -0.15) is 0 Å². The molecule has 2 aromatic carbocycles. The predicted octanol–water partition coefficient (Wildman–Crippen LogP) is 2.66. The Bertz CT molecular complexity index is 620. The Hall–Kier alpha value is -2.62. The number of hydrogen-bond acceptors (Lipinski definition) is 4. The number of ether oxygens (including phenoxy) is 2. The van der Waals surface area contributed by atoms with E-state index in [0.29, 0.717) is 16.9 Å². The van der Waals surface area contributed by atoms with Crippen molar-refractivity contribution < 1.29 is 19.1 Å². The van der Waals surface area contributed by atoms with Crippen LogP contribution in [0, 0.1) is 0 Å². The highest BCUT2D eigenvalue weighted by Gasteiger charge is 2.14. The lowest BCUT2D eigenvalue weighted by Crippen LogP contribution is -2.15. The van der Waals surface area contributed by atoms with Gasteiger partial charge in [0.2, 0.25) is 0 Å². The minimum absolute atomic E-state index is 0.0673. The van der Waals surface area contributed by atoms with Crippen LogP contribution in [-0.4, -0.2) is 25.5 Å². The lowest BCUT2D eigenvalue weighted by Gasteiger charge is -2.09. The van der Waals surface area contributed by atoms with E-state index in [1.54, 1.807) is 36.4 Å². The van der Waals surface area contributed by atoms with E-state index in [9.17, 15) is 9.59 Å². The van der Waals surface area contributed by atoms with Crippen LogP contribution >= 0.6 is 0 Å². The number of carbonyl (C=O) groups is 2. The van der Waals surface area contributed by atoms with Crippen LogP contribution in [0.4, 0.5) is 0 Å². The maximum Gasteiger partial charge on any atom is 0.310 e. The molecule has 0 N–H and O–H groups in total. The zero-order chi connectivity index (χ0) is 15.1. The molecule has 4 heteroatoms. The van der Waals surface area contributed by atoms with E-state index in [1.165, 1.54) is 7.11 Å². The molecule has 0 saturated carbocycles. The summed E-state index contributed by atoms with van der Waals surface area (Å²) in [7, 11) is 1.32. The Morgan fingerprint density at radius 3 is 2.33 bits per heavy atom. The normalized spacial score (nSPS) is 9.95. The van der Waals surface area contributed by atoms with Gasteiger partial charge in [0.05, 0.1) is 13.5 Å². The number of Topliss-reactive ketones (excluding diaryl/α,β-unsaturated/α-hetero) is 1. The number of rotatable bonds is 6. The molecule has 0 aliphatic heterocycles. The molecule has 0 radical (unpaired) electrons. The number of esters is 1. The van der Waals surface area contributed by atoms with Gasteiger partial charge in [-0.25, -0.2) is 0 Å². The largest absolute Gasteiger partial charge is 0.485 e. The number of benzene rings is 2. The maximum atomic E-state index is 12.2. The van der Waals surface area contributed by atoms with Gasteiger partial charge in [-0.1, -0.05) is 42.5 Å². The van der Waals surface area contributed by atoms with Crippen molar-refractivity contribution in [1.82, 2.24) is 0 Å². The number of hydrogen-bond donors (Lipinski definition) is 0. The molecule has 0 spiro atoms. The highest BCUT2D eigenvalue weighted by Crippen LogP contribution is 2.13. The van der Waals surface area contributed by atoms with E-state index in [0.717, 1.165) is 0 Å². The maximum absolute atomic E-state index is 12.2. The van der Waals surface area contributed by atoms with E-state index in [1.807, 2.05) is 18.2 Å². The van der Waals surface area contributed by atoms with Crippen LogP contribution in [0.15, 0.2) is 54.6 Å². The molecule has 108 valence electrons. The van der Waals surface area contributed by atoms with Crippen LogP contribution in [0.5, 0.6) is 5.75 Å². The van der Waals surface area contributed by atoms with E-state index in [4.69, 9.17) is 4.74 Å². The fourth-order valence-electron chi connectivity index (χ4n) is 1.92. The van der Waals surface area contributed by atoms with Crippen LogP contribution < -0.4 is 4.74 Å². The molecular weight excluding hydrogens is 268 g/mol. The monoisotopic (exact) mass is 284 g/mol.